The summed E-state index contributed by atoms with van der Waals surface area (Å²) in [5, 5.41) is 0. The fourth-order valence-electron chi connectivity index (χ4n) is 0.983. The van der Waals surface area contributed by atoms with Gasteiger partial charge in [0.05, 0.1) is 6.54 Å². The molecular weight excluding hydrogens is 190 g/mol. The molecule has 1 aromatic heterocycles. The molecule has 3 rings (SSSR count). The Bertz CT molecular complexity index is 237. The highest BCUT2D eigenvalue weighted by Gasteiger charge is 2.55. The first-order chi connectivity index (χ1) is 5.18. The van der Waals surface area contributed by atoms with E-state index in [4.69, 9.17) is 18.8 Å². The lowest BCUT2D eigenvalue weighted by atomic mass is 10.5. The van der Waals surface area contributed by atoms with Gasteiger partial charge in [0.15, 0.2) is 5.85 Å². The predicted molar refractivity (Wildman–Crippen MR) is 38.9 cm³/mol. The molecule has 0 aromatic carbocycles. The summed E-state index contributed by atoms with van der Waals surface area (Å²) < 4.78 is 12.3. The van der Waals surface area contributed by atoms with Gasteiger partial charge in [-0.25, -0.2) is 0 Å². The molecule has 1 fully saturated rings. The second kappa shape index (κ2) is 2.59. The van der Waals surface area contributed by atoms with Gasteiger partial charge >= 0.3 is 0 Å². The van der Waals surface area contributed by atoms with Crippen molar-refractivity contribution in [3.05, 3.63) is 0 Å². The lowest BCUT2D eigenvalue weighted by molar-refractivity contribution is 0.340. The smallest absolute Gasteiger partial charge is 0.247 e. The van der Waals surface area contributed by atoms with E-state index in [0.29, 0.717) is 11.9 Å². The maximum Gasteiger partial charge on any atom is 0.247 e. The number of hydrogen-bond acceptors (Lipinski definition) is 5. The third-order valence-electron chi connectivity index (χ3n) is 1.48. The van der Waals surface area contributed by atoms with Crippen molar-refractivity contribution in [1.29, 1.82) is 0 Å². The predicted octanol–water partition coefficient (Wildman–Crippen LogP) is 0.135. The quantitative estimate of drug-likeness (QED) is 0.406. The molecule has 2 aliphatic heterocycles. The van der Waals surface area contributed by atoms with Gasteiger partial charge in [-0.05, 0) is 0 Å². The minimum atomic E-state index is -2.12. The number of fused-ring (bicyclic) bond motifs is 3. The molecule has 3 heterocycles. The summed E-state index contributed by atoms with van der Waals surface area (Å²) in [6.07, 6.45) is 0.569. The van der Waals surface area contributed by atoms with Crippen LogP contribution in [0.1, 0.15) is 5.85 Å². The van der Waals surface area contributed by atoms with Gasteiger partial charge in [0.2, 0.25) is 16.5 Å². The van der Waals surface area contributed by atoms with Crippen LogP contribution in [-0.4, -0.2) is 20.4 Å². The van der Waals surface area contributed by atoms with Crippen molar-refractivity contribution in [3.63, 3.8) is 0 Å². The second-order valence-corrected chi connectivity index (χ2v) is 4.67. The monoisotopic (exact) mass is 198 g/mol. The Morgan fingerprint density at radius 3 is 2.55 bits per heavy atom. The first-order valence-corrected chi connectivity index (χ1v) is 5.61. The number of nitrogens with two attached hydrogens (primary N) is 1. The summed E-state index contributed by atoms with van der Waals surface area (Å²) in [6.45, 7) is 1.04. The van der Waals surface area contributed by atoms with Crippen LogP contribution >= 0.6 is 16.5 Å². The van der Waals surface area contributed by atoms with Gasteiger partial charge < -0.3 is 18.8 Å². The van der Waals surface area contributed by atoms with E-state index in [1.807, 2.05) is 4.50 Å². The van der Waals surface area contributed by atoms with Crippen LogP contribution < -0.4 is 5.50 Å². The molecule has 64 valence electrons. The van der Waals surface area contributed by atoms with Crippen LogP contribution in [0.4, 0.5) is 0 Å². The summed E-state index contributed by atoms with van der Waals surface area (Å²) in [7, 11) is -2.29. The topological polar surface area (TPSA) is 97.1 Å². The third-order valence-corrected chi connectivity index (χ3v) is 3.28. The molecule has 0 saturated carbocycles. The molecule has 0 aliphatic carbocycles. The molecule has 0 bridgehead atoms. The van der Waals surface area contributed by atoms with Gasteiger partial charge in [-0.2, -0.15) is 4.50 Å². The van der Waals surface area contributed by atoms with Crippen molar-refractivity contribution in [3.8, 4) is 0 Å². The number of epoxide rings is 1. The fourth-order valence-corrected chi connectivity index (χ4v) is 2.64. The molecule has 6 nitrogen and oxygen atoms in total. The normalized spacial score (nSPS) is 32.9. The first-order valence-electron chi connectivity index (χ1n) is 3.01. The molecule has 1 saturated heterocycles. The van der Waals surface area contributed by atoms with E-state index < -0.39 is 8.53 Å². The lowest BCUT2D eigenvalue weighted by Gasteiger charge is -1.79. The molecule has 1 aromatic rings. The number of rotatable bonds is 0. The van der Waals surface area contributed by atoms with Crippen molar-refractivity contribution < 1.29 is 18.8 Å². The molecule has 4 N–H and O–H groups in total. The van der Waals surface area contributed by atoms with E-state index >= 15 is 0 Å². The lowest BCUT2D eigenvalue weighted by Crippen LogP contribution is -1.88. The fraction of sp³-hybridized carbons (Fsp3) is 1.00. The van der Waals surface area contributed by atoms with Crippen LogP contribution in [0, 0.1) is 0 Å². The largest absolute Gasteiger partial charge is 0.353 e. The van der Waals surface area contributed by atoms with Crippen LogP contribution in [0.2, 0.25) is 0 Å². The Labute approximate surface area is 64.7 Å². The Balaban J connectivity index is 0.000000107. The highest BCUT2D eigenvalue weighted by Crippen LogP contribution is 2.65. The highest BCUT2D eigenvalue weighted by atomic mass is 31.2. The van der Waals surface area contributed by atoms with Gasteiger partial charge in [-0.15, -0.1) is 0 Å². The Morgan fingerprint density at radius 1 is 1.64 bits per heavy atom. The van der Waals surface area contributed by atoms with Crippen molar-refractivity contribution >= 4 is 16.5 Å². The standard InChI is InChI=1S/C3H4NO2P.H4NO2P/c1-2-3(5-2)7-4(1)6-7;1-4(2)3/h2-3H,1H2;2-3H,1H2. The van der Waals surface area contributed by atoms with Gasteiger partial charge in [0.1, 0.15) is 6.10 Å². The average molecular weight is 198 g/mol. The zero-order chi connectivity index (χ0) is 8.01. The number of hydrogen-bond donors (Lipinski definition) is 3. The summed E-state index contributed by atoms with van der Waals surface area (Å²) in [4.78, 5) is 14.9. The highest BCUT2D eigenvalue weighted by molar-refractivity contribution is 7.43. The van der Waals surface area contributed by atoms with Crippen LogP contribution in [0.3, 0.4) is 0 Å². The van der Waals surface area contributed by atoms with Crippen molar-refractivity contribution in [2.45, 2.75) is 18.5 Å². The van der Waals surface area contributed by atoms with Crippen molar-refractivity contribution in [2.24, 2.45) is 5.50 Å². The van der Waals surface area contributed by atoms with Crippen molar-refractivity contribution in [1.82, 2.24) is 4.50 Å². The number of nitrogens with zero attached hydrogens (tertiary/aromatic N) is 1. The Hall–Kier alpha value is 0.170. The summed E-state index contributed by atoms with van der Waals surface area (Å²) >= 11 is 0. The van der Waals surface area contributed by atoms with Gasteiger partial charge in [0, 0.05) is 0 Å². The van der Waals surface area contributed by atoms with E-state index in [1.165, 1.54) is 0 Å². The van der Waals surface area contributed by atoms with E-state index in [-0.39, 0.29) is 7.93 Å². The van der Waals surface area contributed by atoms with Crippen molar-refractivity contribution in [2.75, 3.05) is 0 Å². The van der Waals surface area contributed by atoms with E-state index in [0.717, 1.165) is 6.54 Å². The molecule has 8 heteroatoms. The minimum Gasteiger partial charge on any atom is -0.353 e. The van der Waals surface area contributed by atoms with Crippen LogP contribution in [0.25, 0.3) is 0 Å². The summed E-state index contributed by atoms with van der Waals surface area (Å²) in [5.41, 5.74) is 4.29. The Kier molecular flexibility index (Phi) is 1.84. The average Bonchev–Trinajstić information content (AvgIpc) is 2.70. The number of ether oxygens (including phenoxy) is 1. The van der Waals surface area contributed by atoms with Gasteiger partial charge in [-0.3, -0.25) is 5.50 Å². The summed E-state index contributed by atoms with van der Waals surface area (Å²) in [6, 6.07) is 0. The van der Waals surface area contributed by atoms with Crippen LogP contribution in [-0.2, 0) is 11.3 Å². The van der Waals surface area contributed by atoms with E-state index in [2.05, 4.69) is 5.50 Å². The van der Waals surface area contributed by atoms with Crippen LogP contribution in [0.15, 0.2) is 4.30 Å². The maximum atomic E-state index is 7.45. The third kappa shape index (κ3) is 1.67. The molecule has 0 radical (unpaired) electrons. The van der Waals surface area contributed by atoms with Gasteiger partial charge in [0.25, 0.3) is 0 Å². The first kappa shape index (κ1) is 7.80. The molecule has 0 spiro atoms. The van der Waals surface area contributed by atoms with Gasteiger partial charge in [-0.1, -0.05) is 0 Å². The zero-order valence-corrected chi connectivity index (χ0v) is 7.28. The minimum absolute atomic E-state index is 0.174. The Morgan fingerprint density at radius 2 is 2.27 bits per heavy atom. The SMILES string of the molecule is C1C2OC2p2on21.NP(O)O. The molecule has 3 unspecified atom stereocenters. The molecule has 3 atom stereocenters. The molecule has 11 heavy (non-hydrogen) atoms. The zero-order valence-electron chi connectivity index (χ0n) is 5.49. The van der Waals surface area contributed by atoms with E-state index in [1.54, 1.807) is 0 Å². The molecule has 2 aliphatic rings. The summed E-state index contributed by atoms with van der Waals surface area (Å²) in [5.74, 6) is 0.523. The maximum absolute atomic E-state index is 7.45. The number of aromatic nitrogens is 1. The second-order valence-electron chi connectivity index (χ2n) is 2.30. The van der Waals surface area contributed by atoms with E-state index in [9.17, 15) is 0 Å². The van der Waals surface area contributed by atoms with Crippen LogP contribution in [0.5, 0.6) is 0 Å². The molecule has 0 amide bonds. The molecular formula is C3H8N2O4P2.